The number of hydrogen-bond acceptors (Lipinski definition) is 9. The van der Waals surface area contributed by atoms with E-state index in [1.807, 2.05) is 0 Å². The van der Waals surface area contributed by atoms with Gasteiger partial charge in [0.25, 0.3) is 0 Å². The van der Waals surface area contributed by atoms with Gasteiger partial charge in [-0.3, -0.25) is 15.0 Å². The van der Waals surface area contributed by atoms with Crippen LogP contribution in [0.1, 0.15) is 34.7 Å². The van der Waals surface area contributed by atoms with Crippen LogP contribution < -0.4 is 15.8 Å². The molecule has 0 fully saturated rings. The van der Waals surface area contributed by atoms with Crippen LogP contribution >= 0.6 is 12.4 Å². The van der Waals surface area contributed by atoms with Crippen LogP contribution in [0.25, 0.3) is 10.8 Å². The third kappa shape index (κ3) is 10.2. The molecular weight excluding hydrogens is 501 g/mol. The van der Waals surface area contributed by atoms with Crippen LogP contribution in [0.5, 0.6) is 5.75 Å². The number of halogens is 1. The summed E-state index contributed by atoms with van der Waals surface area (Å²) in [6, 6.07) is 13.3. The molecule has 0 bridgehead atoms. The zero-order valence-corrected chi connectivity index (χ0v) is 20.1. The molecule has 0 unspecified atom stereocenters. The van der Waals surface area contributed by atoms with Gasteiger partial charge in [0.1, 0.15) is 17.3 Å². The molecule has 0 spiro atoms. The Morgan fingerprint density at radius 2 is 1.60 bits per heavy atom. The molecule has 12 nitrogen and oxygen atoms in total. The topological polar surface area (TPSA) is 246 Å². The molecule has 8 N–H and O–H groups in total. The second-order valence-corrected chi connectivity index (χ2v) is 6.46. The molecule has 35 heavy (non-hydrogen) atoms. The molecule has 0 aliphatic heterocycles. The molecule has 3 aromatic rings. The van der Waals surface area contributed by atoms with Crippen LogP contribution in [-0.4, -0.2) is 62.6 Å². The Morgan fingerprint density at radius 3 is 2.23 bits per heavy atom. The van der Waals surface area contributed by atoms with Gasteiger partial charge >= 0.3 is 29.3 Å². The number of aliphatic carboxylic acids is 1. The number of amidine groups is 1. The van der Waals surface area contributed by atoms with Crippen molar-refractivity contribution in [2.24, 2.45) is 5.73 Å². The summed E-state index contributed by atoms with van der Waals surface area (Å²) in [6.45, 7) is 0.0280. The van der Waals surface area contributed by atoms with Crippen LogP contribution in [0.4, 0.5) is 0 Å². The van der Waals surface area contributed by atoms with Gasteiger partial charge in [-0.2, -0.15) is 0 Å². The fourth-order valence-electron chi connectivity index (χ4n) is 2.69. The number of esters is 1. The molecule has 14 heteroatoms. The van der Waals surface area contributed by atoms with E-state index in [0.29, 0.717) is 17.1 Å². The molecule has 2 aromatic carbocycles. The molecular formula is C21H23AlClN3O9. The fourth-order valence-corrected chi connectivity index (χ4v) is 2.69. The predicted octanol–water partition coefficient (Wildman–Crippen LogP) is 1.93. The van der Waals surface area contributed by atoms with Crippen molar-refractivity contribution in [3.05, 3.63) is 65.6 Å². The predicted molar refractivity (Wildman–Crippen MR) is 126 cm³/mol. The number of carboxylic acids is 1. The second-order valence-electron chi connectivity index (χ2n) is 6.46. The van der Waals surface area contributed by atoms with Crippen molar-refractivity contribution < 1.29 is 45.1 Å². The van der Waals surface area contributed by atoms with Gasteiger partial charge in [-0.05, 0) is 41.1 Å². The average Bonchev–Trinajstić information content (AvgIpc) is 3.19. The Morgan fingerprint density at radius 1 is 0.971 bits per heavy atom. The first-order valence-corrected chi connectivity index (χ1v) is 8.99. The van der Waals surface area contributed by atoms with Crippen LogP contribution in [0.2, 0.25) is 0 Å². The Hall–Kier alpha value is -3.44. The van der Waals surface area contributed by atoms with E-state index in [9.17, 15) is 14.4 Å². The molecule has 0 aliphatic rings. The zero-order chi connectivity index (χ0) is 21.7. The number of benzene rings is 2. The van der Waals surface area contributed by atoms with Gasteiger partial charge in [-0.1, -0.05) is 18.2 Å². The van der Waals surface area contributed by atoms with E-state index in [4.69, 9.17) is 25.4 Å². The third-order valence-electron chi connectivity index (χ3n) is 4.22. The minimum atomic E-state index is -1.05. The number of furan rings is 1. The summed E-state index contributed by atoms with van der Waals surface area (Å²) >= 11 is 0. The van der Waals surface area contributed by atoms with E-state index in [-0.39, 0.29) is 77.2 Å². The number of nitrogen functional groups attached to an aromatic ring is 1. The maximum absolute atomic E-state index is 12.3. The standard InChI is InChI=1S/C21H19N3O6.Al.ClH.3H2O/c22-20(23)14-2-1-13-10-15(4-3-12(13)9-14)30-21(28)17-6-5-16(29-17)11-24-18(25)7-8-19(26)27;;;;;/h1-6,9-10H,7-8,11H2,(H3,22,23)(H,24,25)(H,26,27);;1H;3*1H2/q;+3;;;;/p-3. The maximum atomic E-state index is 12.3. The largest absolute Gasteiger partial charge is 3.00 e. The average molecular weight is 524 g/mol. The second kappa shape index (κ2) is 16.2. The SMILES string of the molecule is Cl.N=C(N)c1ccc2cc(OC(=O)c3ccc(CNC(=O)CCC(=O)O)o3)ccc2c1.[Al+3].[OH-].[OH-].[OH-]. The van der Waals surface area contributed by atoms with Crippen LogP contribution in [0.3, 0.4) is 0 Å². The van der Waals surface area contributed by atoms with Gasteiger partial charge in [0.05, 0.1) is 13.0 Å². The van der Waals surface area contributed by atoms with E-state index in [1.165, 1.54) is 12.1 Å². The summed E-state index contributed by atoms with van der Waals surface area (Å²) in [7, 11) is 0. The molecule has 1 heterocycles. The molecule has 1 amide bonds. The van der Waals surface area contributed by atoms with Crippen LogP contribution in [-0.2, 0) is 16.1 Å². The number of ether oxygens (including phenoxy) is 1. The molecule has 0 saturated carbocycles. The van der Waals surface area contributed by atoms with Crippen molar-refractivity contribution in [2.75, 3.05) is 0 Å². The Labute approximate surface area is 216 Å². The molecule has 3 rings (SSSR count). The minimum absolute atomic E-state index is 0. The molecule has 0 radical (unpaired) electrons. The number of hydrogen-bond donors (Lipinski definition) is 4. The quantitative estimate of drug-likeness (QED) is 0.110. The van der Waals surface area contributed by atoms with Crippen molar-refractivity contribution in [3.63, 3.8) is 0 Å². The number of carbonyl (C=O) groups excluding carboxylic acids is 2. The van der Waals surface area contributed by atoms with Gasteiger partial charge in [0.2, 0.25) is 11.7 Å². The van der Waals surface area contributed by atoms with E-state index in [0.717, 1.165) is 10.8 Å². The van der Waals surface area contributed by atoms with E-state index in [2.05, 4.69) is 5.32 Å². The van der Waals surface area contributed by atoms with Gasteiger partial charge in [0, 0.05) is 12.0 Å². The van der Waals surface area contributed by atoms with E-state index in [1.54, 1.807) is 36.4 Å². The van der Waals surface area contributed by atoms with Gasteiger partial charge in [-0.25, -0.2) is 4.79 Å². The summed E-state index contributed by atoms with van der Waals surface area (Å²) in [6.07, 6.45) is -0.399. The number of rotatable bonds is 8. The molecule has 0 atom stereocenters. The third-order valence-corrected chi connectivity index (χ3v) is 4.22. The van der Waals surface area contributed by atoms with Crippen LogP contribution in [0, 0.1) is 5.41 Å². The van der Waals surface area contributed by atoms with Gasteiger partial charge < -0.3 is 41.7 Å². The molecule has 0 saturated heterocycles. The van der Waals surface area contributed by atoms with Crippen molar-refractivity contribution in [1.29, 1.82) is 5.41 Å². The Kier molecular flexibility index (Phi) is 16.8. The number of nitrogens with two attached hydrogens (primary N) is 1. The first kappa shape index (κ1) is 36.1. The van der Waals surface area contributed by atoms with Crippen LogP contribution in [0.15, 0.2) is 52.9 Å². The van der Waals surface area contributed by atoms with Crippen molar-refractivity contribution in [1.82, 2.24) is 5.32 Å². The van der Waals surface area contributed by atoms with Crippen molar-refractivity contribution in [2.45, 2.75) is 19.4 Å². The Balaban J connectivity index is -0.00000205. The monoisotopic (exact) mass is 523 g/mol. The summed E-state index contributed by atoms with van der Waals surface area (Å²) in [5, 5.41) is 20.2. The molecule has 186 valence electrons. The maximum Gasteiger partial charge on any atom is 3.00 e. The smallest absolute Gasteiger partial charge is 0.870 e. The number of fused-ring (bicyclic) bond motifs is 1. The number of carboxylic acid groups (broad SMARTS) is 1. The van der Waals surface area contributed by atoms with Crippen molar-refractivity contribution in [3.8, 4) is 5.75 Å². The first-order valence-electron chi connectivity index (χ1n) is 8.99. The fraction of sp³-hybridized carbons (Fsp3) is 0.143. The molecule has 1 aromatic heterocycles. The summed E-state index contributed by atoms with van der Waals surface area (Å²) in [4.78, 5) is 34.3. The summed E-state index contributed by atoms with van der Waals surface area (Å²) in [5.74, 6) is -1.58. The minimum Gasteiger partial charge on any atom is -0.870 e. The van der Waals surface area contributed by atoms with E-state index < -0.39 is 17.8 Å². The first-order chi connectivity index (χ1) is 14.3. The molecule has 0 aliphatic carbocycles. The van der Waals surface area contributed by atoms with Gasteiger partial charge in [0.15, 0.2) is 0 Å². The summed E-state index contributed by atoms with van der Waals surface area (Å²) < 4.78 is 10.7. The zero-order valence-electron chi connectivity index (χ0n) is 18.1. The number of nitrogens with one attached hydrogen (secondary N) is 2. The summed E-state index contributed by atoms with van der Waals surface area (Å²) in [5.41, 5.74) is 6.09. The van der Waals surface area contributed by atoms with E-state index >= 15 is 0 Å². The van der Waals surface area contributed by atoms with Gasteiger partial charge in [-0.15, -0.1) is 12.4 Å². The Bertz CT molecular complexity index is 1150. The normalized spacial score (nSPS) is 9.03. The van der Waals surface area contributed by atoms with Crippen molar-refractivity contribution >= 4 is 64.2 Å². The number of carbonyl (C=O) groups is 3. The number of amides is 1.